The number of hydrogen-bond acceptors (Lipinski definition) is 1. The smallest absolute Gasteiger partial charge is 0.0705 e. The minimum atomic E-state index is 0.796. The molecule has 0 unspecified atom stereocenters. The maximum atomic E-state index is 6.22. The largest absolute Gasteiger partial charge is 0.356 e. The Bertz CT molecular complexity index is 434. The van der Waals surface area contributed by atoms with Crippen LogP contribution in [-0.2, 0) is 6.54 Å². The van der Waals surface area contributed by atoms with Gasteiger partial charge in [-0.25, -0.2) is 0 Å². The molecule has 0 atom stereocenters. The van der Waals surface area contributed by atoms with Gasteiger partial charge in [-0.1, -0.05) is 36.7 Å². The summed E-state index contributed by atoms with van der Waals surface area (Å²) in [6.45, 7) is 3.83. The molecule has 1 aromatic heterocycles. The first kappa shape index (κ1) is 9.56. The molecular weight excluding hydrogens is 196 g/mol. The van der Waals surface area contributed by atoms with E-state index in [2.05, 4.69) is 17.2 Å². The lowest BCUT2D eigenvalue weighted by atomic mass is 10.2. The van der Waals surface area contributed by atoms with Crippen LogP contribution in [0.4, 0.5) is 0 Å². The molecular formula is C11H13ClN2. The summed E-state index contributed by atoms with van der Waals surface area (Å²) >= 11 is 6.22. The van der Waals surface area contributed by atoms with Gasteiger partial charge in [0.25, 0.3) is 0 Å². The molecule has 2 aromatic rings. The summed E-state index contributed by atoms with van der Waals surface area (Å²) in [4.78, 5) is 3.30. The zero-order chi connectivity index (χ0) is 9.97. The van der Waals surface area contributed by atoms with E-state index in [0.717, 1.165) is 34.7 Å². The summed E-state index contributed by atoms with van der Waals surface area (Å²) in [5, 5.41) is 5.18. The van der Waals surface area contributed by atoms with Crippen LogP contribution in [0, 0.1) is 0 Å². The van der Waals surface area contributed by atoms with Crippen LogP contribution in [0.2, 0.25) is 5.02 Å². The second kappa shape index (κ2) is 4.03. The maximum Gasteiger partial charge on any atom is 0.0705 e. The molecule has 1 aromatic carbocycles. The van der Waals surface area contributed by atoms with E-state index in [-0.39, 0.29) is 0 Å². The molecule has 1 heterocycles. The van der Waals surface area contributed by atoms with Crippen LogP contribution in [0.3, 0.4) is 0 Å². The van der Waals surface area contributed by atoms with Gasteiger partial charge in [0.15, 0.2) is 0 Å². The second-order valence-electron chi connectivity index (χ2n) is 3.24. The predicted octanol–water partition coefficient (Wildman–Crippen LogP) is 2.93. The number of halogens is 1. The fraction of sp³-hybridized carbons (Fsp3) is 0.273. The highest BCUT2D eigenvalue weighted by Crippen LogP contribution is 2.26. The van der Waals surface area contributed by atoms with Gasteiger partial charge < -0.3 is 10.3 Å². The van der Waals surface area contributed by atoms with Crippen molar-refractivity contribution in [2.75, 3.05) is 6.54 Å². The van der Waals surface area contributed by atoms with Crippen LogP contribution < -0.4 is 5.32 Å². The fourth-order valence-electron chi connectivity index (χ4n) is 1.54. The number of fused-ring (bicyclic) bond motifs is 1. The Morgan fingerprint density at radius 3 is 2.86 bits per heavy atom. The summed E-state index contributed by atoms with van der Waals surface area (Å²) in [5.41, 5.74) is 2.17. The Morgan fingerprint density at radius 2 is 2.14 bits per heavy atom. The molecule has 3 heteroatoms. The lowest BCUT2D eigenvalue weighted by Gasteiger charge is -1.98. The minimum Gasteiger partial charge on any atom is -0.356 e. The van der Waals surface area contributed by atoms with Crippen molar-refractivity contribution in [3.05, 3.63) is 35.0 Å². The van der Waals surface area contributed by atoms with Crippen molar-refractivity contribution in [1.82, 2.24) is 10.3 Å². The first-order valence-corrected chi connectivity index (χ1v) is 5.16. The molecule has 2 nitrogen and oxygen atoms in total. The minimum absolute atomic E-state index is 0.796. The number of benzene rings is 1. The Labute approximate surface area is 88.3 Å². The van der Waals surface area contributed by atoms with Gasteiger partial charge >= 0.3 is 0 Å². The zero-order valence-electron chi connectivity index (χ0n) is 8.10. The third-order valence-corrected chi connectivity index (χ3v) is 2.70. The topological polar surface area (TPSA) is 27.8 Å². The maximum absolute atomic E-state index is 6.22. The number of aromatic amines is 1. The van der Waals surface area contributed by atoms with Gasteiger partial charge in [0.05, 0.1) is 5.02 Å². The van der Waals surface area contributed by atoms with Crippen molar-refractivity contribution in [3.63, 3.8) is 0 Å². The van der Waals surface area contributed by atoms with Gasteiger partial charge in [0.1, 0.15) is 0 Å². The molecule has 0 radical (unpaired) electrons. The summed E-state index contributed by atoms with van der Waals surface area (Å²) in [7, 11) is 0. The molecule has 14 heavy (non-hydrogen) atoms. The number of para-hydroxylation sites is 1. The average Bonchev–Trinajstić information content (AvgIpc) is 2.54. The van der Waals surface area contributed by atoms with E-state index in [1.165, 1.54) is 0 Å². The van der Waals surface area contributed by atoms with Crippen molar-refractivity contribution >= 4 is 22.5 Å². The molecule has 0 bridgehead atoms. The van der Waals surface area contributed by atoms with Crippen molar-refractivity contribution in [1.29, 1.82) is 0 Å². The van der Waals surface area contributed by atoms with Gasteiger partial charge in [-0.05, 0) is 12.6 Å². The predicted molar refractivity (Wildman–Crippen MR) is 60.7 cm³/mol. The molecule has 2 rings (SSSR count). The van der Waals surface area contributed by atoms with Crippen molar-refractivity contribution < 1.29 is 0 Å². The third-order valence-electron chi connectivity index (χ3n) is 2.27. The summed E-state index contributed by atoms with van der Waals surface area (Å²) in [6, 6.07) is 8.07. The Hall–Kier alpha value is -0.990. The third kappa shape index (κ3) is 1.63. The Balaban J connectivity index is 2.41. The van der Waals surface area contributed by atoms with Crippen molar-refractivity contribution in [2.24, 2.45) is 0 Å². The fourth-order valence-corrected chi connectivity index (χ4v) is 1.81. The number of hydrogen-bond donors (Lipinski definition) is 2. The first-order valence-electron chi connectivity index (χ1n) is 4.78. The zero-order valence-corrected chi connectivity index (χ0v) is 8.86. The monoisotopic (exact) mass is 208 g/mol. The normalized spacial score (nSPS) is 11.0. The molecule has 0 aliphatic heterocycles. The highest BCUT2D eigenvalue weighted by atomic mass is 35.5. The molecule has 0 spiro atoms. The van der Waals surface area contributed by atoms with Gasteiger partial charge in [0, 0.05) is 23.1 Å². The van der Waals surface area contributed by atoms with E-state index in [4.69, 9.17) is 11.6 Å². The molecule has 0 saturated heterocycles. The van der Waals surface area contributed by atoms with E-state index in [1.54, 1.807) is 0 Å². The lowest BCUT2D eigenvalue weighted by Crippen LogP contribution is -2.12. The van der Waals surface area contributed by atoms with Gasteiger partial charge in [-0.3, -0.25) is 0 Å². The highest BCUT2D eigenvalue weighted by Gasteiger charge is 2.07. The average molecular weight is 209 g/mol. The van der Waals surface area contributed by atoms with Crippen LogP contribution in [0.15, 0.2) is 24.3 Å². The second-order valence-corrected chi connectivity index (χ2v) is 3.62. The van der Waals surface area contributed by atoms with Crippen molar-refractivity contribution in [2.45, 2.75) is 13.5 Å². The van der Waals surface area contributed by atoms with Crippen LogP contribution in [0.25, 0.3) is 10.9 Å². The van der Waals surface area contributed by atoms with Crippen LogP contribution in [0.1, 0.15) is 12.6 Å². The first-order chi connectivity index (χ1) is 6.83. The van der Waals surface area contributed by atoms with Crippen LogP contribution in [-0.4, -0.2) is 11.5 Å². The van der Waals surface area contributed by atoms with E-state index in [1.807, 2.05) is 24.3 Å². The van der Waals surface area contributed by atoms with E-state index in [9.17, 15) is 0 Å². The van der Waals surface area contributed by atoms with Crippen LogP contribution in [0.5, 0.6) is 0 Å². The number of nitrogens with one attached hydrogen (secondary N) is 2. The number of aromatic nitrogens is 1. The van der Waals surface area contributed by atoms with Gasteiger partial charge in [-0.15, -0.1) is 0 Å². The SMILES string of the molecule is CCNCc1[nH]c2ccccc2c1Cl. The highest BCUT2D eigenvalue weighted by molar-refractivity contribution is 6.36. The summed E-state index contributed by atoms with van der Waals surface area (Å²) < 4.78 is 0. The van der Waals surface area contributed by atoms with E-state index < -0.39 is 0 Å². The molecule has 0 amide bonds. The Morgan fingerprint density at radius 1 is 1.36 bits per heavy atom. The molecule has 0 aliphatic carbocycles. The Kier molecular flexibility index (Phi) is 2.75. The quantitative estimate of drug-likeness (QED) is 0.798. The van der Waals surface area contributed by atoms with Crippen LogP contribution >= 0.6 is 11.6 Å². The summed E-state index contributed by atoms with van der Waals surface area (Å²) in [6.07, 6.45) is 0. The molecule has 0 fully saturated rings. The molecule has 74 valence electrons. The molecule has 0 aliphatic rings. The van der Waals surface area contributed by atoms with Gasteiger partial charge in [-0.2, -0.15) is 0 Å². The van der Waals surface area contributed by atoms with E-state index >= 15 is 0 Å². The lowest BCUT2D eigenvalue weighted by molar-refractivity contribution is 0.715. The van der Waals surface area contributed by atoms with E-state index in [0.29, 0.717) is 0 Å². The summed E-state index contributed by atoms with van der Waals surface area (Å²) in [5.74, 6) is 0. The number of H-pyrrole nitrogens is 1. The van der Waals surface area contributed by atoms with Crippen molar-refractivity contribution in [3.8, 4) is 0 Å². The molecule has 0 saturated carbocycles. The molecule has 2 N–H and O–H groups in total. The van der Waals surface area contributed by atoms with Gasteiger partial charge in [0.2, 0.25) is 0 Å². The number of rotatable bonds is 3. The standard InChI is InChI=1S/C11H13ClN2/c1-2-13-7-10-11(12)8-5-3-4-6-9(8)14-10/h3-6,13-14H,2,7H2,1H3.